The number of hydrogen-bond acceptors (Lipinski definition) is 3. The third-order valence-corrected chi connectivity index (χ3v) is 0. The molecule has 0 saturated carbocycles. The molecule has 6 heteroatoms. The van der Waals surface area contributed by atoms with Crippen LogP contribution in [0.3, 0.4) is 0 Å². The van der Waals surface area contributed by atoms with Crippen molar-refractivity contribution in [3.63, 3.8) is 0 Å². The first-order chi connectivity index (χ1) is 1.73. The normalized spacial score (nSPS) is 4.00. The SMILES string of the molecule is O.O=[N+]([O-])[O-].[Fe]. The van der Waals surface area contributed by atoms with Gasteiger partial charge < -0.3 is 20.8 Å². The van der Waals surface area contributed by atoms with E-state index in [0.717, 1.165) is 0 Å². The second kappa shape index (κ2) is 8.82. The molecule has 0 spiro atoms. The van der Waals surface area contributed by atoms with Crippen LogP contribution in [0.5, 0.6) is 0 Å². The van der Waals surface area contributed by atoms with E-state index in [0.29, 0.717) is 0 Å². The van der Waals surface area contributed by atoms with Crippen molar-refractivity contribution < 1.29 is 27.6 Å². The van der Waals surface area contributed by atoms with E-state index in [1.807, 2.05) is 0 Å². The van der Waals surface area contributed by atoms with Crippen molar-refractivity contribution in [3.05, 3.63) is 15.3 Å². The molecular formula is H2FeNO4-. The molecule has 0 bridgehead atoms. The second-order valence-electron chi connectivity index (χ2n) is 0.224. The van der Waals surface area contributed by atoms with Gasteiger partial charge in [-0.15, -0.1) is 0 Å². The van der Waals surface area contributed by atoms with E-state index >= 15 is 0 Å². The zero-order valence-electron chi connectivity index (χ0n) is 2.53. The van der Waals surface area contributed by atoms with Crippen molar-refractivity contribution in [2.24, 2.45) is 0 Å². The monoisotopic (exact) mass is 136 g/mol. The van der Waals surface area contributed by atoms with Crippen LogP contribution < -0.4 is 0 Å². The van der Waals surface area contributed by atoms with Crippen molar-refractivity contribution in [2.45, 2.75) is 0 Å². The Labute approximate surface area is 43.9 Å². The smallest absolute Gasteiger partial charge is 0.0689 e. The van der Waals surface area contributed by atoms with Gasteiger partial charge in [-0.2, -0.15) is 0 Å². The summed E-state index contributed by atoms with van der Waals surface area (Å²) >= 11 is 0. The summed E-state index contributed by atoms with van der Waals surface area (Å²) in [4.78, 5) is 8.25. The molecule has 0 aliphatic rings. The maximum absolute atomic E-state index is 8.25. The van der Waals surface area contributed by atoms with E-state index in [1.54, 1.807) is 0 Å². The Hall–Kier alpha value is -0.321. The topological polar surface area (TPSA) is 97.7 Å². The Bertz CT molecular complexity index is 30.5. The second-order valence-corrected chi connectivity index (χ2v) is 0.224. The van der Waals surface area contributed by atoms with Crippen LogP contribution in [-0.4, -0.2) is 10.6 Å². The molecule has 0 atom stereocenters. The Kier molecular flexibility index (Phi) is 25.5. The van der Waals surface area contributed by atoms with Gasteiger partial charge in [-0.25, -0.2) is 0 Å². The molecular weight excluding hydrogens is 134 g/mol. The van der Waals surface area contributed by atoms with Gasteiger partial charge in [-0.3, -0.25) is 0 Å². The summed E-state index contributed by atoms with van der Waals surface area (Å²) in [5.74, 6) is 0. The largest absolute Gasteiger partial charge is 0.412 e. The first kappa shape index (κ1) is 17.3. The molecule has 0 aromatic rings. The van der Waals surface area contributed by atoms with Crippen molar-refractivity contribution in [1.29, 1.82) is 0 Å². The fraction of sp³-hybridized carbons (Fsp3) is 0. The van der Waals surface area contributed by atoms with E-state index in [4.69, 9.17) is 15.3 Å². The van der Waals surface area contributed by atoms with Crippen molar-refractivity contribution in [1.82, 2.24) is 0 Å². The van der Waals surface area contributed by atoms with Crippen molar-refractivity contribution in [2.75, 3.05) is 0 Å². The third-order valence-electron chi connectivity index (χ3n) is 0. The summed E-state index contributed by atoms with van der Waals surface area (Å²) in [6.45, 7) is 0. The molecule has 0 rings (SSSR count). The third kappa shape index (κ3) is 257. The molecule has 6 heavy (non-hydrogen) atoms. The van der Waals surface area contributed by atoms with E-state index in [9.17, 15) is 0 Å². The minimum absolute atomic E-state index is 0. The summed E-state index contributed by atoms with van der Waals surface area (Å²) < 4.78 is 0. The summed E-state index contributed by atoms with van der Waals surface area (Å²) in [6.07, 6.45) is 0. The van der Waals surface area contributed by atoms with Crippen molar-refractivity contribution >= 4 is 0 Å². The molecule has 5 nitrogen and oxygen atoms in total. The number of hydrogen-bond donors (Lipinski definition) is 0. The van der Waals surface area contributed by atoms with Crippen LogP contribution in [0.2, 0.25) is 0 Å². The fourth-order valence-corrected chi connectivity index (χ4v) is 0. The van der Waals surface area contributed by atoms with Crippen LogP contribution in [0.4, 0.5) is 0 Å². The minimum Gasteiger partial charge on any atom is -0.412 e. The molecule has 0 amide bonds. The van der Waals surface area contributed by atoms with Gasteiger partial charge in [0.25, 0.3) is 0 Å². The van der Waals surface area contributed by atoms with E-state index in [1.165, 1.54) is 0 Å². The van der Waals surface area contributed by atoms with E-state index in [-0.39, 0.29) is 22.5 Å². The molecule has 2 N–H and O–H groups in total. The van der Waals surface area contributed by atoms with Crippen LogP contribution in [0, 0.1) is 15.3 Å². The average molecular weight is 136 g/mol. The molecule has 0 fully saturated rings. The molecule has 0 heterocycles. The Morgan fingerprint density at radius 3 is 1.33 bits per heavy atom. The molecule has 0 aliphatic heterocycles. The summed E-state index contributed by atoms with van der Waals surface area (Å²) in [7, 11) is 0. The number of rotatable bonds is 0. The standard InChI is InChI=1S/Fe.NO3.H2O/c;2-1(3)4;/h;;1H2/q;-1;. The predicted octanol–water partition coefficient (Wildman–Crippen LogP) is -1.07. The molecule has 0 saturated heterocycles. The van der Waals surface area contributed by atoms with Crippen LogP contribution in [-0.2, 0) is 17.1 Å². The quantitative estimate of drug-likeness (QED) is 0.241. The van der Waals surface area contributed by atoms with Crippen LogP contribution >= 0.6 is 0 Å². The van der Waals surface area contributed by atoms with Gasteiger partial charge in [0.1, 0.15) is 0 Å². The zero-order chi connectivity index (χ0) is 3.58. The summed E-state index contributed by atoms with van der Waals surface area (Å²) in [5, 5.41) is 14.8. The summed E-state index contributed by atoms with van der Waals surface area (Å²) in [5.41, 5.74) is 0. The maximum atomic E-state index is 8.25. The number of nitrogens with zero attached hydrogens (tertiary/aromatic N) is 1. The van der Waals surface area contributed by atoms with E-state index in [2.05, 4.69) is 0 Å². The molecule has 0 unspecified atom stereocenters. The van der Waals surface area contributed by atoms with Crippen LogP contribution in [0.1, 0.15) is 0 Å². The molecule has 0 radical (unpaired) electrons. The predicted molar refractivity (Wildman–Crippen MR) is 14.0 cm³/mol. The van der Waals surface area contributed by atoms with Gasteiger partial charge in [0.2, 0.25) is 0 Å². The Morgan fingerprint density at radius 1 is 1.33 bits per heavy atom. The van der Waals surface area contributed by atoms with Gasteiger partial charge in [-0.05, 0) is 0 Å². The van der Waals surface area contributed by atoms with Crippen molar-refractivity contribution in [3.8, 4) is 0 Å². The zero-order valence-corrected chi connectivity index (χ0v) is 3.63. The van der Waals surface area contributed by atoms with Gasteiger partial charge in [0.05, 0.1) is 5.09 Å². The first-order valence-corrected chi connectivity index (χ1v) is 0.548. The maximum Gasteiger partial charge on any atom is 0.0689 e. The molecule has 0 aromatic carbocycles. The molecule has 0 aliphatic carbocycles. The van der Waals surface area contributed by atoms with E-state index < -0.39 is 5.09 Å². The Morgan fingerprint density at radius 2 is 1.33 bits per heavy atom. The van der Waals surface area contributed by atoms with Gasteiger partial charge in [0, 0.05) is 17.1 Å². The minimum atomic E-state index is -1.75. The first-order valence-electron chi connectivity index (χ1n) is 0.548. The van der Waals surface area contributed by atoms with Crippen LogP contribution in [0.15, 0.2) is 0 Å². The van der Waals surface area contributed by atoms with Gasteiger partial charge >= 0.3 is 0 Å². The average Bonchev–Trinajstić information content (AvgIpc) is 0.811. The Balaban J connectivity index is -0.0000000450. The molecule has 40 valence electrons. The van der Waals surface area contributed by atoms with Gasteiger partial charge in [0.15, 0.2) is 0 Å². The van der Waals surface area contributed by atoms with Crippen LogP contribution in [0.25, 0.3) is 0 Å². The fourth-order valence-electron chi connectivity index (χ4n) is 0. The summed E-state index contributed by atoms with van der Waals surface area (Å²) in [6, 6.07) is 0. The molecule has 0 aromatic heterocycles. The van der Waals surface area contributed by atoms with Gasteiger partial charge in [-0.1, -0.05) is 0 Å².